The summed E-state index contributed by atoms with van der Waals surface area (Å²) >= 11 is 0. The summed E-state index contributed by atoms with van der Waals surface area (Å²) < 4.78 is 34.9. The van der Waals surface area contributed by atoms with Crippen LogP contribution in [0.2, 0.25) is 0 Å². The Bertz CT molecular complexity index is 1570. The number of hydrogen-bond donors (Lipinski definition) is 4. The minimum absolute atomic E-state index is 0.0147. The second kappa shape index (κ2) is 17.3. The summed E-state index contributed by atoms with van der Waals surface area (Å²) in [7, 11) is 6.40. The van der Waals surface area contributed by atoms with Crippen molar-refractivity contribution in [3.05, 3.63) is 88.5 Å². The van der Waals surface area contributed by atoms with Gasteiger partial charge >= 0.3 is 0 Å². The first-order valence-corrected chi connectivity index (χ1v) is 15.5. The minimum Gasteiger partial charge on any atom is -0.496 e. The van der Waals surface area contributed by atoms with Crippen molar-refractivity contribution in [3.63, 3.8) is 0 Å². The summed E-state index contributed by atoms with van der Waals surface area (Å²) in [5.41, 5.74) is 8.11. The third-order valence-electron chi connectivity index (χ3n) is 8.04. The molecule has 0 unspecified atom stereocenters. The lowest BCUT2D eigenvalue weighted by molar-refractivity contribution is 0.289. The fraction of sp³-hybridized carbons (Fsp3) is 0.351. The van der Waals surface area contributed by atoms with Crippen LogP contribution in [0.25, 0.3) is 11.1 Å². The first-order valence-electron chi connectivity index (χ1n) is 15.5. The molecule has 0 spiro atoms. The van der Waals surface area contributed by atoms with E-state index < -0.39 is 0 Å². The summed E-state index contributed by atoms with van der Waals surface area (Å²) in [6, 6.07) is 19.8. The average Bonchev–Trinajstić information content (AvgIpc) is 3.09. The van der Waals surface area contributed by atoms with Crippen LogP contribution in [0.4, 0.5) is 5.69 Å². The summed E-state index contributed by atoms with van der Waals surface area (Å²) in [6.07, 6.45) is 0. The van der Waals surface area contributed by atoms with Crippen LogP contribution in [0.3, 0.4) is 0 Å². The second-order valence-electron chi connectivity index (χ2n) is 10.8. The SMILES string of the molecule is COc1cc(OCc2cccc(-c3cccc(COc4cc(OC)c(NCCO)c(OC)c4)c3C)c2C)cc(OC)c1CNCCO. The number of nitrogens with one attached hydrogen (secondary N) is 2. The van der Waals surface area contributed by atoms with Gasteiger partial charge in [-0.15, -0.1) is 0 Å². The molecule has 0 aliphatic heterocycles. The van der Waals surface area contributed by atoms with E-state index in [9.17, 15) is 5.11 Å². The first-order chi connectivity index (χ1) is 22.9. The zero-order chi connectivity index (χ0) is 33.8. The second-order valence-corrected chi connectivity index (χ2v) is 10.8. The van der Waals surface area contributed by atoms with Gasteiger partial charge in [0, 0.05) is 43.9 Å². The average molecular weight is 647 g/mol. The molecule has 10 nitrogen and oxygen atoms in total. The molecule has 4 aromatic rings. The summed E-state index contributed by atoms with van der Waals surface area (Å²) in [5.74, 6) is 3.67. The van der Waals surface area contributed by atoms with Crippen molar-refractivity contribution in [2.45, 2.75) is 33.6 Å². The van der Waals surface area contributed by atoms with E-state index in [1.807, 2.05) is 36.4 Å². The van der Waals surface area contributed by atoms with Crippen molar-refractivity contribution >= 4 is 5.69 Å². The molecule has 4 N–H and O–H groups in total. The van der Waals surface area contributed by atoms with Crippen LogP contribution in [0.15, 0.2) is 60.7 Å². The summed E-state index contributed by atoms with van der Waals surface area (Å²) in [6.45, 7) is 6.30. The smallest absolute Gasteiger partial charge is 0.149 e. The molecule has 0 aliphatic carbocycles. The third-order valence-corrected chi connectivity index (χ3v) is 8.04. The lowest BCUT2D eigenvalue weighted by Crippen LogP contribution is -2.18. The highest BCUT2D eigenvalue weighted by atomic mass is 16.5. The Balaban J connectivity index is 1.53. The summed E-state index contributed by atoms with van der Waals surface area (Å²) in [5, 5.41) is 24.7. The zero-order valence-corrected chi connectivity index (χ0v) is 28.1. The molecule has 4 aromatic carbocycles. The fourth-order valence-electron chi connectivity index (χ4n) is 5.42. The topological polar surface area (TPSA) is 120 Å². The zero-order valence-electron chi connectivity index (χ0n) is 28.1. The van der Waals surface area contributed by atoms with Crippen molar-refractivity contribution in [3.8, 4) is 45.6 Å². The highest BCUT2D eigenvalue weighted by molar-refractivity contribution is 5.73. The summed E-state index contributed by atoms with van der Waals surface area (Å²) in [4.78, 5) is 0. The fourth-order valence-corrected chi connectivity index (χ4v) is 5.42. The monoisotopic (exact) mass is 646 g/mol. The quantitative estimate of drug-likeness (QED) is 0.101. The van der Waals surface area contributed by atoms with Crippen molar-refractivity contribution in [2.75, 3.05) is 60.1 Å². The van der Waals surface area contributed by atoms with Gasteiger partial charge in [-0.3, -0.25) is 0 Å². The number of benzene rings is 4. The number of ether oxygens (including phenoxy) is 6. The number of aliphatic hydroxyl groups excluding tert-OH is 2. The molecule has 0 fully saturated rings. The van der Waals surface area contributed by atoms with Crippen molar-refractivity contribution < 1.29 is 38.6 Å². The molecule has 252 valence electrons. The number of hydrogen-bond acceptors (Lipinski definition) is 10. The molecule has 0 heterocycles. The van der Waals surface area contributed by atoms with Crippen LogP contribution in [0.5, 0.6) is 34.5 Å². The van der Waals surface area contributed by atoms with E-state index in [2.05, 4.69) is 48.7 Å². The van der Waals surface area contributed by atoms with E-state index in [1.54, 1.807) is 28.4 Å². The molecule has 4 rings (SSSR count). The highest BCUT2D eigenvalue weighted by Crippen LogP contribution is 2.40. The van der Waals surface area contributed by atoms with Gasteiger partial charge in [0.1, 0.15) is 53.4 Å². The van der Waals surface area contributed by atoms with Crippen molar-refractivity contribution in [1.29, 1.82) is 0 Å². The van der Waals surface area contributed by atoms with Crippen LogP contribution in [0.1, 0.15) is 27.8 Å². The molecule has 0 saturated carbocycles. The van der Waals surface area contributed by atoms with Crippen LogP contribution >= 0.6 is 0 Å². The van der Waals surface area contributed by atoms with E-state index in [0.29, 0.717) is 73.0 Å². The molecular formula is C37H46N2O8. The predicted molar refractivity (Wildman–Crippen MR) is 183 cm³/mol. The van der Waals surface area contributed by atoms with Crippen molar-refractivity contribution in [1.82, 2.24) is 5.32 Å². The molecule has 0 atom stereocenters. The van der Waals surface area contributed by atoms with Gasteiger partial charge in [0.25, 0.3) is 0 Å². The lowest BCUT2D eigenvalue weighted by atomic mass is 9.92. The van der Waals surface area contributed by atoms with Gasteiger partial charge in [-0.1, -0.05) is 36.4 Å². The molecule has 0 saturated heterocycles. The first kappa shape index (κ1) is 35.2. The van der Waals surface area contributed by atoms with Crippen LogP contribution in [0, 0.1) is 13.8 Å². The van der Waals surface area contributed by atoms with E-state index >= 15 is 0 Å². The Kier molecular flexibility index (Phi) is 13.0. The minimum atomic E-state index is -0.0147. The van der Waals surface area contributed by atoms with Gasteiger partial charge in [0.05, 0.1) is 47.2 Å². The number of methoxy groups -OCH3 is 4. The van der Waals surface area contributed by atoms with E-state index in [1.165, 1.54) is 0 Å². The molecule has 47 heavy (non-hydrogen) atoms. The number of rotatable bonds is 18. The standard InChI is InChI=1S/C37H46N2O8/c1-24-26(22-46-28-17-33(42-3)32(21-38-13-15-40)34(18-28)43-4)9-7-11-30(24)31-12-8-10-27(25(31)2)23-47-29-19-35(44-5)37(39-14-16-41)36(20-29)45-6/h7-12,17-20,38-41H,13-16,21-23H2,1-6H3. The van der Waals surface area contributed by atoms with Gasteiger partial charge in [0.2, 0.25) is 0 Å². The maximum absolute atomic E-state index is 9.24. The maximum atomic E-state index is 9.24. The Hall–Kier alpha value is -4.64. The molecule has 0 bridgehead atoms. The maximum Gasteiger partial charge on any atom is 0.149 e. The molecule has 0 aromatic heterocycles. The van der Waals surface area contributed by atoms with Crippen LogP contribution in [-0.2, 0) is 19.8 Å². The lowest BCUT2D eigenvalue weighted by Gasteiger charge is -2.19. The molecular weight excluding hydrogens is 600 g/mol. The molecule has 0 radical (unpaired) electrons. The van der Waals surface area contributed by atoms with E-state index in [0.717, 1.165) is 38.9 Å². The molecule has 0 aliphatic rings. The third kappa shape index (κ3) is 8.59. The molecule has 10 heteroatoms. The van der Waals surface area contributed by atoms with E-state index in [-0.39, 0.29) is 13.2 Å². The van der Waals surface area contributed by atoms with Gasteiger partial charge in [-0.25, -0.2) is 0 Å². The van der Waals surface area contributed by atoms with Crippen LogP contribution in [-0.4, -0.2) is 65.0 Å². The van der Waals surface area contributed by atoms with Crippen molar-refractivity contribution in [2.24, 2.45) is 0 Å². The highest BCUT2D eigenvalue weighted by Gasteiger charge is 2.17. The Labute approximate surface area is 277 Å². The van der Waals surface area contributed by atoms with Gasteiger partial charge in [0.15, 0.2) is 0 Å². The Morgan fingerprint density at radius 2 is 1.04 bits per heavy atom. The number of anilines is 1. The van der Waals surface area contributed by atoms with Gasteiger partial charge < -0.3 is 49.3 Å². The number of aliphatic hydroxyl groups is 2. The van der Waals surface area contributed by atoms with E-state index in [4.69, 9.17) is 33.5 Å². The Morgan fingerprint density at radius 3 is 1.47 bits per heavy atom. The van der Waals surface area contributed by atoms with Crippen LogP contribution < -0.4 is 39.1 Å². The largest absolute Gasteiger partial charge is 0.496 e. The Morgan fingerprint density at radius 1 is 0.596 bits per heavy atom. The predicted octanol–water partition coefficient (Wildman–Crippen LogP) is 5.65. The molecule has 0 amide bonds. The van der Waals surface area contributed by atoms with Gasteiger partial charge in [-0.05, 0) is 47.2 Å². The normalized spacial score (nSPS) is 10.8. The van der Waals surface area contributed by atoms with Gasteiger partial charge in [-0.2, -0.15) is 0 Å².